The van der Waals surface area contributed by atoms with E-state index >= 15 is 0 Å². The van der Waals surface area contributed by atoms with Crippen LogP contribution in [0.2, 0.25) is 0 Å². The summed E-state index contributed by atoms with van der Waals surface area (Å²) in [6, 6.07) is 24.6. The van der Waals surface area contributed by atoms with Crippen LogP contribution in [0.4, 0.5) is 5.69 Å². The number of nitrogens with one attached hydrogen (secondary N) is 2. The first-order valence-corrected chi connectivity index (χ1v) is 15.0. The van der Waals surface area contributed by atoms with Gasteiger partial charge in [-0.2, -0.15) is 0 Å². The Hall–Kier alpha value is -3.59. The molecular formula is C31H35N4O3S+. The van der Waals surface area contributed by atoms with E-state index in [9.17, 15) is 13.2 Å². The highest BCUT2D eigenvalue weighted by Gasteiger charge is 2.28. The van der Waals surface area contributed by atoms with Crippen LogP contribution in [-0.2, 0) is 29.5 Å². The molecule has 1 unspecified atom stereocenters. The van der Waals surface area contributed by atoms with Gasteiger partial charge in [-0.25, -0.2) is 12.7 Å². The summed E-state index contributed by atoms with van der Waals surface area (Å²) in [5.41, 5.74) is 5.24. The molecule has 0 saturated heterocycles. The number of aromatic nitrogens is 1. The molecule has 0 aliphatic carbocycles. The van der Waals surface area contributed by atoms with Crippen molar-refractivity contribution in [2.45, 2.75) is 44.2 Å². The van der Waals surface area contributed by atoms with Gasteiger partial charge in [-0.1, -0.05) is 61.9 Å². The zero-order valence-electron chi connectivity index (χ0n) is 22.5. The third-order valence-electron chi connectivity index (χ3n) is 7.39. The minimum atomic E-state index is -3.57. The molecule has 0 bridgehead atoms. The number of benzene rings is 3. The number of sulfonamides is 1. The second kappa shape index (κ2) is 11.7. The summed E-state index contributed by atoms with van der Waals surface area (Å²) in [7, 11) is -1.97. The third-order valence-corrected chi connectivity index (χ3v) is 9.26. The number of pyridine rings is 1. The molecule has 1 amide bonds. The molecule has 202 valence electrons. The van der Waals surface area contributed by atoms with Crippen molar-refractivity contribution >= 4 is 32.5 Å². The minimum Gasteiger partial charge on any atom is -0.327 e. The van der Waals surface area contributed by atoms with E-state index in [4.69, 9.17) is 4.98 Å². The Labute approximate surface area is 230 Å². The van der Waals surface area contributed by atoms with Gasteiger partial charge in [0.25, 0.3) is 5.91 Å². The van der Waals surface area contributed by atoms with Gasteiger partial charge in [0.15, 0.2) is 0 Å². The summed E-state index contributed by atoms with van der Waals surface area (Å²) in [5, 5.41) is 3.85. The number of anilines is 1. The fraction of sp³-hybridized carbons (Fsp3) is 0.290. The number of fused-ring (bicyclic) bond motifs is 2. The Morgan fingerprint density at radius 3 is 2.46 bits per heavy atom. The van der Waals surface area contributed by atoms with Gasteiger partial charge in [-0.05, 0) is 36.8 Å². The molecule has 4 aromatic rings. The van der Waals surface area contributed by atoms with E-state index in [0.29, 0.717) is 24.3 Å². The van der Waals surface area contributed by atoms with E-state index in [0.717, 1.165) is 54.5 Å². The molecule has 0 radical (unpaired) electrons. The number of hydrogen-bond acceptors (Lipinski definition) is 4. The summed E-state index contributed by atoms with van der Waals surface area (Å²) in [4.78, 5) is 20.3. The van der Waals surface area contributed by atoms with Crippen LogP contribution in [0.3, 0.4) is 0 Å². The highest BCUT2D eigenvalue weighted by molar-refractivity contribution is 7.89. The average molecular weight is 544 g/mol. The van der Waals surface area contributed by atoms with E-state index in [1.165, 1.54) is 14.8 Å². The van der Waals surface area contributed by atoms with Crippen LogP contribution < -0.4 is 10.2 Å². The normalized spacial score (nSPS) is 15.3. The fourth-order valence-corrected chi connectivity index (χ4v) is 6.42. The molecule has 1 aliphatic rings. The smallest absolute Gasteiger partial charge is 0.256 e. The molecule has 3 aromatic carbocycles. The van der Waals surface area contributed by atoms with Gasteiger partial charge in [0.05, 0.1) is 28.2 Å². The molecular weight excluding hydrogens is 508 g/mol. The number of carbonyl (C=O) groups is 1. The Kier molecular flexibility index (Phi) is 8.07. The second-order valence-corrected chi connectivity index (χ2v) is 12.2. The van der Waals surface area contributed by atoms with E-state index in [1.54, 1.807) is 31.3 Å². The first kappa shape index (κ1) is 27.0. The number of quaternary nitrogens is 1. The van der Waals surface area contributed by atoms with Gasteiger partial charge in [0, 0.05) is 42.2 Å². The van der Waals surface area contributed by atoms with Crippen molar-refractivity contribution in [2.75, 3.05) is 25.5 Å². The second-order valence-electron chi connectivity index (χ2n) is 10.2. The summed E-state index contributed by atoms with van der Waals surface area (Å²) in [6.45, 7) is 5.06. The molecule has 0 saturated carbocycles. The fourth-order valence-electron chi connectivity index (χ4n) is 5.21. The maximum absolute atomic E-state index is 13.8. The molecule has 39 heavy (non-hydrogen) atoms. The lowest BCUT2D eigenvalue weighted by molar-refractivity contribution is -0.929. The maximum atomic E-state index is 13.8. The van der Waals surface area contributed by atoms with Crippen molar-refractivity contribution in [3.8, 4) is 0 Å². The summed E-state index contributed by atoms with van der Waals surface area (Å²) >= 11 is 0. The SMILES string of the molecule is CCCCN(C)S(=O)(=O)c1ccc(NC(=O)c2c3c(nc4ccccc24)CC[NH+](Cc2ccccc2)C3)cc1. The van der Waals surface area contributed by atoms with Gasteiger partial charge in [-0.3, -0.25) is 9.78 Å². The van der Waals surface area contributed by atoms with Gasteiger partial charge >= 0.3 is 0 Å². The highest BCUT2D eigenvalue weighted by atomic mass is 32.2. The van der Waals surface area contributed by atoms with Crippen LogP contribution in [0, 0.1) is 0 Å². The number of unbranched alkanes of at least 4 members (excludes halogenated alkanes) is 1. The standard InChI is InChI=1S/C31H34N4O3S/c1-3-4-19-34(2)39(37,38)25-16-14-24(15-17-25)32-31(36)30-26-12-8-9-13-28(26)33-29-18-20-35(22-27(29)30)21-23-10-6-5-7-11-23/h5-17H,3-4,18-22H2,1-2H3,(H,32,36)/p+1. The molecule has 5 rings (SSSR count). The molecule has 0 fully saturated rings. The van der Waals surface area contributed by atoms with Crippen LogP contribution in [0.25, 0.3) is 10.9 Å². The number of hydrogen-bond donors (Lipinski definition) is 2. The van der Waals surface area contributed by atoms with Crippen molar-refractivity contribution in [1.29, 1.82) is 0 Å². The number of rotatable bonds is 9. The van der Waals surface area contributed by atoms with Crippen LogP contribution in [0.1, 0.15) is 46.9 Å². The number of nitrogens with zero attached hydrogens (tertiary/aromatic N) is 2. The topological polar surface area (TPSA) is 83.8 Å². The first-order valence-electron chi connectivity index (χ1n) is 13.5. The lowest BCUT2D eigenvalue weighted by atomic mass is 9.95. The predicted molar refractivity (Wildman–Crippen MR) is 154 cm³/mol. The van der Waals surface area contributed by atoms with E-state index in [2.05, 4.69) is 29.6 Å². The highest BCUT2D eigenvalue weighted by Crippen LogP contribution is 2.27. The van der Waals surface area contributed by atoms with Crippen molar-refractivity contribution < 1.29 is 18.1 Å². The monoisotopic (exact) mass is 543 g/mol. The molecule has 1 atom stereocenters. The van der Waals surface area contributed by atoms with Gasteiger partial charge < -0.3 is 10.2 Å². The van der Waals surface area contributed by atoms with Crippen LogP contribution >= 0.6 is 0 Å². The Balaban J connectivity index is 1.42. The molecule has 1 aliphatic heterocycles. The summed E-state index contributed by atoms with van der Waals surface area (Å²) in [5.74, 6) is -0.207. The number of carbonyl (C=O) groups excluding carboxylic acids is 1. The number of para-hydroxylation sites is 1. The minimum absolute atomic E-state index is 0.207. The van der Waals surface area contributed by atoms with E-state index < -0.39 is 10.0 Å². The Bertz CT molecular complexity index is 1570. The average Bonchev–Trinajstić information content (AvgIpc) is 2.95. The van der Waals surface area contributed by atoms with Crippen molar-refractivity contribution in [1.82, 2.24) is 9.29 Å². The largest absolute Gasteiger partial charge is 0.327 e. The maximum Gasteiger partial charge on any atom is 0.256 e. The summed E-state index contributed by atoms with van der Waals surface area (Å²) < 4.78 is 27.2. The molecule has 1 aromatic heterocycles. The van der Waals surface area contributed by atoms with E-state index in [1.807, 2.05) is 37.3 Å². The van der Waals surface area contributed by atoms with Gasteiger partial charge in [-0.15, -0.1) is 0 Å². The molecule has 2 N–H and O–H groups in total. The molecule has 2 heterocycles. The predicted octanol–water partition coefficient (Wildman–Crippen LogP) is 4.05. The summed E-state index contributed by atoms with van der Waals surface area (Å²) in [6.07, 6.45) is 2.53. The van der Waals surface area contributed by atoms with E-state index in [-0.39, 0.29) is 10.8 Å². The van der Waals surface area contributed by atoms with Crippen molar-refractivity contribution in [2.24, 2.45) is 0 Å². The van der Waals surface area contributed by atoms with Crippen LogP contribution in [-0.4, -0.2) is 43.8 Å². The number of amides is 1. The lowest BCUT2D eigenvalue weighted by Crippen LogP contribution is -3.10. The quantitative estimate of drug-likeness (QED) is 0.334. The van der Waals surface area contributed by atoms with Gasteiger partial charge in [0.1, 0.15) is 13.1 Å². The lowest BCUT2D eigenvalue weighted by Gasteiger charge is -2.27. The molecule has 0 spiro atoms. The molecule has 7 nitrogen and oxygen atoms in total. The zero-order chi connectivity index (χ0) is 27.4. The molecule has 8 heteroatoms. The first-order chi connectivity index (χ1) is 18.9. The Morgan fingerprint density at radius 2 is 1.72 bits per heavy atom. The zero-order valence-corrected chi connectivity index (χ0v) is 23.3. The Morgan fingerprint density at radius 1 is 1.00 bits per heavy atom. The third kappa shape index (κ3) is 5.88. The van der Waals surface area contributed by atoms with Gasteiger partial charge in [0.2, 0.25) is 10.0 Å². The van der Waals surface area contributed by atoms with Crippen LogP contribution in [0.15, 0.2) is 83.8 Å². The van der Waals surface area contributed by atoms with Crippen LogP contribution in [0.5, 0.6) is 0 Å². The van der Waals surface area contributed by atoms with Crippen molar-refractivity contribution in [3.63, 3.8) is 0 Å². The van der Waals surface area contributed by atoms with Crippen molar-refractivity contribution in [3.05, 3.63) is 101 Å².